The van der Waals surface area contributed by atoms with Crippen molar-refractivity contribution in [3.05, 3.63) is 29.8 Å². The average molecular weight is 662 g/mol. The van der Waals surface area contributed by atoms with Crippen molar-refractivity contribution in [3.63, 3.8) is 0 Å². The average Bonchev–Trinajstić information content (AvgIpc) is 2.90. The van der Waals surface area contributed by atoms with E-state index in [1.165, 1.54) is 11.8 Å². The predicted octanol–water partition coefficient (Wildman–Crippen LogP) is -0.119. The Morgan fingerprint density at radius 3 is 2.00 bits per heavy atom. The highest BCUT2D eigenvalue weighted by atomic mass is 35.5. The molecule has 1 aliphatic heterocycles. The van der Waals surface area contributed by atoms with Gasteiger partial charge >= 0.3 is 15.2 Å². The molecule has 234 valence electrons. The molecule has 0 bridgehead atoms. The predicted molar refractivity (Wildman–Crippen MR) is 156 cm³/mol. The van der Waals surface area contributed by atoms with Gasteiger partial charge in [-0.25, -0.2) is 0 Å². The summed E-state index contributed by atoms with van der Waals surface area (Å²) in [6, 6.07) is 5.79. The fourth-order valence-corrected chi connectivity index (χ4v) is 6.93. The van der Waals surface area contributed by atoms with Gasteiger partial charge in [-0.2, -0.15) is 0 Å². The molecule has 14 nitrogen and oxygen atoms in total. The lowest BCUT2D eigenvalue weighted by molar-refractivity contribution is -0.137. The van der Waals surface area contributed by atoms with Crippen LogP contribution in [0.5, 0.6) is 0 Å². The highest BCUT2D eigenvalue weighted by Crippen LogP contribution is 2.68. The van der Waals surface area contributed by atoms with Crippen LogP contribution < -0.4 is 16.0 Å². The molecule has 1 heterocycles. The van der Waals surface area contributed by atoms with Crippen molar-refractivity contribution in [3.8, 4) is 0 Å². The fraction of sp³-hybridized carbons (Fsp3) is 0.652. The zero-order chi connectivity index (χ0) is 31.0. The Kier molecular flexibility index (Phi) is 13.5. The van der Waals surface area contributed by atoms with Crippen molar-refractivity contribution in [1.82, 2.24) is 15.1 Å². The third kappa shape index (κ3) is 9.87. The van der Waals surface area contributed by atoms with Crippen molar-refractivity contribution >= 4 is 55.9 Å². The first-order chi connectivity index (χ1) is 19.0. The molecule has 1 aromatic rings. The van der Waals surface area contributed by atoms with E-state index in [1.807, 2.05) is 29.2 Å². The smallest absolute Gasteiger partial charge is 0.369 e. The lowest BCUT2D eigenvalue weighted by Crippen LogP contribution is -2.56. The van der Waals surface area contributed by atoms with E-state index in [0.29, 0.717) is 24.8 Å². The number of halogens is 2. The van der Waals surface area contributed by atoms with Crippen LogP contribution in [0.2, 0.25) is 0 Å². The number of rotatable bonds is 15. The van der Waals surface area contributed by atoms with E-state index < -0.39 is 44.7 Å². The molecule has 0 radical (unpaired) electrons. The lowest BCUT2D eigenvalue weighted by atomic mass is 10.0. The van der Waals surface area contributed by atoms with Gasteiger partial charge in [-0.3, -0.25) is 23.6 Å². The van der Waals surface area contributed by atoms with Crippen molar-refractivity contribution in [1.29, 1.82) is 0 Å². The van der Waals surface area contributed by atoms with E-state index in [9.17, 15) is 43.4 Å². The van der Waals surface area contributed by atoms with Gasteiger partial charge < -0.3 is 45.5 Å². The van der Waals surface area contributed by atoms with Crippen molar-refractivity contribution in [2.24, 2.45) is 5.73 Å². The molecular weight excluding hydrogens is 623 g/mol. The second-order valence-electron chi connectivity index (χ2n) is 9.85. The molecule has 18 heteroatoms. The molecule has 1 aliphatic rings. The number of nitrogens with zero attached hydrogens (tertiary/aromatic N) is 3. The Balaban J connectivity index is 1.85. The number of anilines is 1. The summed E-state index contributed by atoms with van der Waals surface area (Å²) in [6.07, 6.45) is -0.603. The SMILES string of the molecule is C[C@H](NC(=O)[C@@H](N)Cc1ccc(N(CCCl)CCCl)cc1)C(=O)N1CCN(CCC(O)(P(=O)(O)O)P(=O)(O)O)CC1. The highest BCUT2D eigenvalue weighted by Gasteiger charge is 2.59. The molecule has 0 unspecified atom stereocenters. The summed E-state index contributed by atoms with van der Waals surface area (Å²) in [5.41, 5.74) is 7.89. The van der Waals surface area contributed by atoms with Gasteiger partial charge in [-0.1, -0.05) is 12.1 Å². The molecule has 1 aromatic carbocycles. The Bertz CT molecular complexity index is 1090. The summed E-state index contributed by atoms with van der Waals surface area (Å²) in [5.74, 6) is 0.0718. The quantitative estimate of drug-likeness (QED) is 0.0967. The van der Waals surface area contributed by atoms with Crippen molar-refractivity contribution < 1.29 is 43.4 Å². The topological polar surface area (TPSA) is 217 Å². The number of amides is 2. The first kappa shape index (κ1) is 35.9. The molecule has 0 aliphatic carbocycles. The normalized spacial score (nSPS) is 16.8. The molecule has 0 aromatic heterocycles. The van der Waals surface area contributed by atoms with Crippen LogP contribution in [0.4, 0.5) is 5.69 Å². The summed E-state index contributed by atoms with van der Waals surface area (Å²) in [4.78, 5) is 67.9. The van der Waals surface area contributed by atoms with Gasteiger partial charge in [0.25, 0.3) is 5.08 Å². The summed E-state index contributed by atoms with van der Waals surface area (Å²) in [6.45, 7) is 3.48. The van der Waals surface area contributed by atoms with Crippen LogP contribution in [-0.2, 0) is 25.1 Å². The van der Waals surface area contributed by atoms with Crippen molar-refractivity contribution in [2.75, 3.05) is 62.5 Å². The molecule has 2 rings (SSSR count). The Labute approximate surface area is 249 Å². The largest absolute Gasteiger partial charge is 0.369 e. The zero-order valence-electron chi connectivity index (χ0n) is 22.7. The van der Waals surface area contributed by atoms with Crippen LogP contribution in [0.15, 0.2) is 24.3 Å². The molecule has 1 fully saturated rings. The van der Waals surface area contributed by atoms with Crippen LogP contribution in [0.1, 0.15) is 18.9 Å². The second-order valence-corrected chi connectivity index (χ2v) is 14.6. The number of piperazine rings is 1. The van der Waals surface area contributed by atoms with E-state index in [1.54, 1.807) is 4.90 Å². The van der Waals surface area contributed by atoms with Gasteiger partial charge in [0, 0.05) is 69.7 Å². The molecule has 8 N–H and O–H groups in total. The third-order valence-corrected chi connectivity index (χ3v) is 11.1. The maximum absolute atomic E-state index is 12.9. The third-order valence-electron chi connectivity index (χ3n) is 6.91. The minimum absolute atomic E-state index is 0.201. The fourth-order valence-electron chi connectivity index (χ4n) is 4.38. The summed E-state index contributed by atoms with van der Waals surface area (Å²) in [5, 5.41) is 9.20. The maximum atomic E-state index is 12.9. The van der Waals surface area contributed by atoms with E-state index in [0.717, 1.165) is 11.3 Å². The number of nitrogens with two attached hydrogens (primary N) is 1. The monoisotopic (exact) mass is 661 g/mol. The maximum Gasteiger partial charge on any atom is 0.369 e. The van der Waals surface area contributed by atoms with Crippen LogP contribution >= 0.6 is 38.4 Å². The number of nitrogens with one attached hydrogen (secondary N) is 1. The van der Waals surface area contributed by atoms with Crippen LogP contribution in [0, 0.1) is 0 Å². The molecule has 0 saturated carbocycles. The number of hydrogen-bond acceptors (Lipinski definition) is 8. The number of carbonyl (C=O) groups is 2. The van der Waals surface area contributed by atoms with Gasteiger partial charge in [0.05, 0.1) is 6.04 Å². The molecule has 41 heavy (non-hydrogen) atoms. The van der Waals surface area contributed by atoms with E-state index >= 15 is 0 Å². The minimum Gasteiger partial charge on any atom is -0.369 e. The summed E-state index contributed by atoms with van der Waals surface area (Å²) >= 11 is 11.7. The van der Waals surface area contributed by atoms with E-state index in [2.05, 4.69) is 5.32 Å². The van der Waals surface area contributed by atoms with Gasteiger partial charge in [-0.05, 0) is 31.0 Å². The molecular formula is C23H39Cl2N5O9P2. The van der Waals surface area contributed by atoms with E-state index in [4.69, 9.17) is 28.9 Å². The van der Waals surface area contributed by atoms with Gasteiger partial charge in [0.1, 0.15) is 6.04 Å². The Morgan fingerprint density at radius 2 is 1.54 bits per heavy atom. The minimum atomic E-state index is -5.53. The lowest BCUT2D eigenvalue weighted by Gasteiger charge is -2.37. The molecule has 2 amide bonds. The standard InChI is InChI=1S/C23H39Cl2N5O9P2/c1-17(27-21(31)20(26)16-18-2-4-19(5-3-18)29(10-7-24)11-8-25)22(32)30-14-12-28(13-15-30)9-6-23(33,40(34,35)36)41(37,38)39/h2-5,17,20,33H,6-16,26H2,1H3,(H,27,31)(H2,34,35,36)(H2,37,38,39)/t17-,20-/m0/s1. The van der Waals surface area contributed by atoms with Crippen LogP contribution in [0.3, 0.4) is 0 Å². The first-order valence-electron chi connectivity index (χ1n) is 12.9. The summed E-state index contributed by atoms with van der Waals surface area (Å²) < 4.78 is 23.1. The van der Waals surface area contributed by atoms with Crippen molar-refractivity contribution in [2.45, 2.75) is 36.9 Å². The molecule has 1 saturated heterocycles. The number of benzene rings is 1. The number of hydrogen-bond donors (Lipinski definition) is 7. The van der Waals surface area contributed by atoms with E-state index in [-0.39, 0.29) is 45.1 Å². The second kappa shape index (κ2) is 15.4. The molecule has 0 spiro atoms. The zero-order valence-corrected chi connectivity index (χ0v) is 26.0. The number of alkyl halides is 2. The van der Waals surface area contributed by atoms with Gasteiger partial charge in [-0.15, -0.1) is 23.2 Å². The first-order valence-corrected chi connectivity index (χ1v) is 17.2. The number of carbonyl (C=O) groups excluding carboxylic acids is 2. The summed E-state index contributed by atoms with van der Waals surface area (Å²) in [7, 11) is -11.1. The van der Waals surface area contributed by atoms with Crippen LogP contribution in [0.25, 0.3) is 0 Å². The number of aliphatic hydroxyl groups is 1. The van der Waals surface area contributed by atoms with Crippen LogP contribution in [-0.4, -0.2) is 121 Å². The Morgan fingerprint density at radius 1 is 1.02 bits per heavy atom. The van der Waals surface area contributed by atoms with Gasteiger partial charge in [0.15, 0.2) is 0 Å². The molecule has 2 atom stereocenters. The highest BCUT2D eigenvalue weighted by molar-refractivity contribution is 7.72. The Hall–Kier alpha value is -1.28. The van der Waals surface area contributed by atoms with Gasteiger partial charge in [0.2, 0.25) is 11.8 Å².